The van der Waals surface area contributed by atoms with Gasteiger partial charge in [-0.05, 0) is 17.7 Å². The predicted molar refractivity (Wildman–Crippen MR) is 72.3 cm³/mol. The van der Waals surface area contributed by atoms with Crippen LogP contribution in [0.3, 0.4) is 0 Å². The van der Waals surface area contributed by atoms with E-state index in [4.69, 9.17) is 0 Å². The van der Waals surface area contributed by atoms with Gasteiger partial charge in [-0.15, -0.1) is 0 Å². The van der Waals surface area contributed by atoms with Crippen LogP contribution in [0.4, 0.5) is 11.4 Å². The van der Waals surface area contributed by atoms with Crippen molar-refractivity contribution in [2.75, 3.05) is 5.32 Å². The van der Waals surface area contributed by atoms with E-state index in [2.05, 4.69) is 5.32 Å². The van der Waals surface area contributed by atoms with E-state index in [9.17, 15) is 14.9 Å². The first-order valence-electron chi connectivity index (χ1n) is 5.72. The molecule has 96 valence electrons. The smallest absolute Gasteiger partial charge is 0.292 e. The fourth-order valence-electron chi connectivity index (χ4n) is 1.76. The molecule has 2 rings (SSSR count). The molecular weight excluding hydrogens is 244 g/mol. The third-order valence-corrected chi connectivity index (χ3v) is 2.67. The highest BCUT2D eigenvalue weighted by Crippen LogP contribution is 2.23. The summed E-state index contributed by atoms with van der Waals surface area (Å²) in [4.78, 5) is 21.1. The molecule has 5 nitrogen and oxygen atoms in total. The van der Waals surface area contributed by atoms with Crippen LogP contribution >= 0.6 is 0 Å². The number of nitrogens with zero attached hydrogens (tertiary/aromatic N) is 1. The molecule has 0 aliphatic rings. The predicted octanol–water partition coefficient (Wildman–Crippen LogP) is 3.02. The number of nitro groups is 1. The van der Waals surface area contributed by atoms with Crippen LogP contribution in [-0.2, 0) is 6.54 Å². The third kappa shape index (κ3) is 3.16. The first-order chi connectivity index (χ1) is 9.20. The van der Waals surface area contributed by atoms with Crippen molar-refractivity contribution < 1.29 is 9.72 Å². The summed E-state index contributed by atoms with van der Waals surface area (Å²) in [6, 6.07) is 13.5. The van der Waals surface area contributed by atoms with Crippen LogP contribution in [0, 0.1) is 10.1 Å². The number of rotatable bonds is 5. The Balaban J connectivity index is 2.14. The lowest BCUT2D eigenvalue weighted by molar-refractivity contribution is -0.384. The van der Waals surface area contributed by atoms with Crippen LogP contribution in [0.5, 0.6) is 0 Å². The molecular formula is C14H12N2O3. The summed E-state index contributed by atoms with van der Waals surface area (Å²) >= 11 is 0. The summed E-state index contributed by atoms with van der Waals surface area (Å²) in [5.41, 5.74) is 1.97. The number of aldehydes is 1. The van der Waals surface area contributed by atoms with Crippen molar-refractivity contribution in [3.63, 3.8) is 0 Å². The number of carbonyl (C=O) groups is 1. The maximum absolute atomic E-state index is 10.9. The van der Waals surface area contributed by atoms with Gasteiger partial charge >= 0.3 is 0 Å². The van der Waals surface area contributed by atoms with Gasteiger partial charge in [0.15, 0.2) is 0 Å². The number of benzene rings is 2. The molecule has 2 aromatic rings. The van der Waals surface area contributed by atoms with Crippen molar-refractivity contribution in [1.29, 1.82) is 0 Å². The summed E-state index contributed by atoms with van der Waals surface area (Å²) in [7, 11) is 0. The molecule has 0 atom stereocenters. The number of hydrogen-bond acceptors (Lipinski definition) is 4. The highest BCUT2D eigenvalue weighted by atomic mass is 16.6. The number of anilines is 1. The van der Waals surface area contributed by atoms with Crippen LogP contribution in [0.2, 0.25) is 0 Å². The quantitative estimate of drug-likeness (QED) is 0.507. The summed E-state index contributed by atoms with van der Waals surface area (Å²) in [5, 5.41) is 13.9. The molecule has 0 saturated heterocycles. The minimum Gasteiger partial charge on any atom is -0.375 e. The normalized spacial score (nSPS) is 9.89. The fourth-order valence-corrected chi connectivity index (χ4v) is 1.76. The Morgan fingerprint density at radius 1 is 1.16 bits per heavy atom. The van der Waals surface area contributed by atoms with Crippen molar-refractivity contribution in [3.8, 4) is 0 Å². The lowest BCUT2D eigenvalue weighted by Crippen LogP contribution is -2.02. The first-order valence-corrected chi connectivity index (χ1v) is 5.72. The van der Waals surface area contributed by atoms with Gasteiger partial charge in [-0.1, -0.05) is 30.3 Å². The molecule has 0 saturated carbocycles. The van der Waals surface area contributed by atoms with Crippen LogP contribution in [0.15, 0.2) is 48.5 Å². The topological polar surface area (TPSA) is 72.2 Å². The molecule has 0 fully saturated rings. The maximum atomic E-state index is 10.9. The molecule has 0 amide bonds. The molecule has 0 unspecified atom stereocenters. The van der Waals surface area contributed by atoms with Crippen molar-refractivity contribution in [2.45, 2.75) is 6.54 Å². The van der Waals surface area contributed by atoms with Crippen molar-refractivity contribution in [1.82, 2.24) is 0 Å². The Labute approximate surface area is 110 Å². The van der Waals surface area contributed by atoms with Gasteiger partial charge in [0.2, 0.25) is 0 Å². The summed E-state index contributed by atoms with van der Waals surface area (Å²) in [5.74, 6) is 0. The molecule has 0 radical (unpaired) electrons. The molecule has 1 N–H and O–H groups in total. The molecule has 5 heteroatoms. The highest BCUT2D eigenvalue weighted by molar-refractivity contribution is 5.75. The SMILES string of the molecule is O=Cc1cccc(CNc2ccccc2[N+](=O)[O-])c1. The Bertz CT molecular complexity index is 611. The number of hydrogen-bond donors (Lipinski definition) is 1. The molecule has 0 aliphatic carbocycles. The molecule has 0 heterocycles. The Kier molecular flexibility index (Phi) is 3.87. The van der Waals surface area contributed by atoms with E-state index in [0.29, 0.717) is 17.8 Å². The van der Waals surface area contributed by atoms with E-state index in [1.165, 1.54) is 6.07 Å². The second kappa shape index (κ2) is 5.77. The molecule has 0 aromatic heterocycles. The second-order valence-electron chi connectivity index (χ2n) is 3.99. The summed E-state index contributed by atoms with van der Waals surface area (Å²) in [6.45, 7) is 0.423. The Morgan fingerprint density at radius 2 is 1.95 bits per heavy atom. The van der Waals surface area contributed by atoms with Gasteiger partial charge in [0, 0.05) is 18.2 Å². The molecule has 0 aliphatic heterocycles. The van der Waals surface area contributed by atoms with Gasteiger partial charge < -0.3 is 5.32 Å². The Hall–Kier alpha value is -2.69. The van der Waals surface area contributed by atoms with E-state index >= 15 is 0 Å². The number of nitrogens with one attached hydrogen (secondary N) is 1. The van der Waals surface area contributed by atoms with Gasteiger partial charge in [-0.2, -0.15) is 0 Å². The highest BCUT2D eigenvalue weighted by Gasteiger charge is 2.11. The van der Waals surface area contributed by atoms with Gasteiger partial charge in [0.1, 0.15) is 12.0 Å². The van der Waals surface area contributed by atoms with Gasteiger partial charge in [0.25, 0.3) is 5.69 Å². The summed E-state index contributed by atoms with van der Waals surface area (Å²) < 4.78 is 0. The molecule has 0 bridgehead atoms. The zero-order valence-corrected chi connectivity index (χ0v) is 10.1. The Morgan fingerprint density at radius 3 is 2.68 bits per heavy atom. The zero-order chi connectivity index (χ0) is 13.7. The van der Waals surface area contributed by atoms with Gasteiger partial charge in [0.05, 0.1) is 4.92 Å². The third-order valence-electron chi connectivity index (χ3n) is 2.67. The minimum atomic E-state index is -0.426. The zero-order valence-electron chi connectivity index (χ0n) is 10.1. The van der Waals surface area contributed by atoms with E-state index < -0.39 is 4.92 Å². The van der Waals surface area contributed by atoms with Gasteiger partial charge in [-0.3, -0.25) is 14.9 Å². The standard InChI is InChI=1S/C14H12N2O3/c17-10-12-5-3-4-11(8-12)9-15-13-6-1-2-7-14(13)16(18)19/h1-8,10,15H,9H2. The van der Waals surface area contributed by atoms with E-state index in [0.717, 1.165) is 11.8 Å². The van der Waals surface area contributed by atoms with Gasteiger partial charge in [-0.25, -0.2) is 0 Å². The summed E-state index contributed by atoms with van der Waals surface area (Å²) in [6.07, 6.45) is 0.772. The first kappa shape index (κ1) is 12.8. The average Bonchev–Trinajstić information content (AvgIpc) is 2.45. The monoisotopic (exact) mass is 256 g/mol. The largest absolute Gasteiger partial charge is 0.375 e. The van der Waals surface area contributed by atoms with Crippen molar-refractivity contribution in [2.24, 2.45) is 0 Å². The fraction of sp³-hybridized carbons (Fsp3) is 0.0714. The molecule has 0 spiro atoms. The van der Waals surface area contributed by atoms with Crippen LogP contribution in [0.1, 0.15) is 15.9 Å². The van der Waals surface area contributed by atoms with E-state index in [1.54, 1.807) is 36.4 Å². The van der Waals surface area contributed by atoms with Crippen molar-refractivity contribution in [3.05, 3.63) is 69.8 Å². The number of para-hydroxylation sites is 2. The van der Waals surface area contributed by atoms with E-state index in [-0.39, 0.29) is 5.69 Å². The second-order valence-corrected chi connectivity index (χ2v) is 3.99. The van der Waals surface area contributed by atoms with Crippen molar-refractivity contribution >= 4 is 17.7 Å². The average molecular weight is 256 g/mol. The van der Waals surface area contributed by atoms with Crippen LogP contribution in [-0.4, -0.2) is 11.2 Å². The van der Waals surface area contributed by atoms with Crippen LogP contribution < -0.4 is 5.32 Å². The lowest BCUT2D eigenvalue weighted by atomic mass is 10.1. The minimum absolute atomic E-state index is 0.0361. The van der Waals surface area contributed by atoms with E-state index in [1.807, 2.05) is 6.07 Å². The molecule has 19 heavy (non-hydrogen) atoms. The number of carbonyl (C=O) groups excluding carboxylic acids is 1. The van der Waals surface area contributed by atoms with Crippen LogP contribution in [0.25, 0.3) is 0 Å². The number of nitro benzene ring substituents is 1. The lowest BCUT2D eigenvalue weighted by Gasteiger charge is -2.07. The maximum Gasteiger partial charge on any atom is 0.292 e. The molecule has 2 aromatic carbocycles.